The Morgan fingerprint density at radius 2 is 2.24 bits per heavy atom. The summed E-state index contributed by atoms with van der Waals surface area (Å²) >= 11 is 1.75. The van der Waals surface area contributed by atoms with Crippen molar-refractivity contribution < 1.29 is 4.42 Å². The summed E-state index contributed by atoms with van der Waals surface area (Å²) < 4.78 is 6.02. The zero-order valence-electron chi connectivity index (χ0n) is 13.3. The molecule has 1 aliphatic rings. The first-order valence-corrected chi connectivity index (χ1v) is 8.72. The summed E-state index contributed by atoms with van der Waals surface area (Å²) in [6.45, 7) is 9.80. The van der Waals surface area contributed by atoms with Gasteiger partial charge in [0.25, 0.3) is 0 Å². The highest BCUT2D eigenvalue weighted by atomic mass is 32.1. The zero-order chi connectivity index (χ0) is 15.0. The van der Waals surface area contributed by atoms with Crippen molar-refractivity contribution in [1.29, 1.82) is 0 Å². The van der Waals surface area contributed by atoms with Crippen LogP contribution in [0, 0.1) is 12.8 Å². The molecule has 1 saturated carbocycles. The van der Waals surface area contributed by atoms with Crippen LogP contribution in [0.25, 0.3) is 10.8 Å². The molecular formula is C17H24N2OS. The van der Waals surface area contributed by atoms with Gasteiger partial charge in [0, 0.05) is 16.8 Å². The van der Waals surface area contributed by atoms with Crippen LogP contribution in [-0.4, -0.2) is 11.5 Å². The fourth-order valence-corrected chi connectivity index (χ4v) is 3.81. The molecule has 0 radical (unpaired) electrons. The van der Waals surface area contributed by atoms with Crippen LogP contribution in [0.5, 0.6) is 0 Å². The lowest BCUT2D eigenvalue weighted by molar-refractivity contribution is 0.518. The normalized spacial score (nSPS) is 22.5. The Balaban J connectivity index is 1.78. The first-order valence-electron chi connectivity index (χ1n) is 7.91. The van der Waals surface area contributed by atoms with Gasteiger partial charge in [-0.1, -0.05) is 13.8 Å². The molecule has 3 rings (SSSR count). The van der Waals surface area contributed by atoms with Crippen molar-refractivity contribution in [2.45, 2.75) is 52.5 Å². The van der Waals surface area contributed by atoms with E-state index in [1.807, 2.05) is 0 Å². The van der Waals surface area contributed by atoms with Gasteiger partial charge in [0.05, 0.1) is 5.69 Å². The number of aryl methyl sites for hydroxylation is 1. The molecule has 3 nitrogen and oxygen atoms in total. The summed E-state index contributed by atoms with van der Waals surface area (Å²) in [4.78, 5) is 6.02. The van der Waals surface area contributed by atoms with Gasteiger partial charge in [-0.05, 0) is 51.3 Å². The topological polar surface area (TPSA) is 38.1 Å². The highest BCUT2D eigenvalue weighted by Crippen LogP contribution is 2.48. The SMILES string of the molecule is CCCNC(C)c1sc(-c2ccc(C3CC3C)o2)nc1C. The maximum atomic E-state index is 6.02. The molecule has 1 aliphatic carbocycles. The average molecular weight is 304 g/mol. The van der Waals surface area contributed by atoms with Crippen LogP contribution in [0.1, 0.15) is 61.9 Å². The van der Waals surface area contributed by atoms with E-state index in [0.29, 0.717) is 12.0 Å². The Morgan fingerprint density at radius 3 is 2.90 bits per heavy atom. The molecule has 3 unspecified atom stereocenters. The number of rotatable bonds is 6. The number of nitrogens with zero attached hydrogens (tertiary/aromatic N) is 1. The second kappa shape index (κ2) is 5.93. The van der Waals surface area contributed by atoms with Crippen LogP contribution < -0.4 is 5.32 Å². The summed E-state index contributed by atoms with van der Waals surface area (Å²) in [6.07, 6.45) is 2.41. The Morgan fingerprint density at radius 1 is 1.48 bits per heavy atom. The summed E-state index contributed by atoms with van der Waals surface area (Å²) in [5.74, 6) is 3.45. The fourth-order valence-electron chi connectivity index (χ4n) is 2.75. The Bertz CT molecular complexity index is 616. The second-order valence-corrected chi connectivity index (χ2v) is 7.20. The van der Waals surface area contributed by atoms with Gasteiger partial charge in [0.1, 0.15) is 5.76 Å². The van der Waals surface area contributed by atoms with Crippen molar-refractivity contribution in [3.8, 4) is 10.8 Å². The van der Waals surface area contributed by atoms with Crippen molar-refractivity contribution in [2.24, 2.45) is 5.92 Å². The quantitative estimate of drug-likeness (QED) is 0.825. The van der Waals surface area contributed by atoms with E-state index in [9.17, 15) is 0 Å². The molecule has 1 N–H and O–H groups in total. The monoisotopic (exact) mass is 304 g/mol. The van der Waals surface area contributed by atoms with Crippen LogP contribution >= 0.6 is 11.3 Å². The van der Waals surface area contributed by atoms with Crippen LogP contribution in [0.4, 0.5) is 0 Å². The van der Waals surface area contributed by atoms with Crippen molar-refractivity contribution in [3.63, 3.8) is 0 Å². The lowest BCUT2D eigenvalue weighted by atomic mass is 10.2. The third-order valence-corrected chi connectivity index (χ3v) is 5.59. The molecule has 2 aromatic rings. The van der Waals surface area contributed by atoms with E-state index >= 15 is 0 Å². The first-order chi connectivity index (χ1) is 10.1. The Kier molecular flexibility index (Phi) is 4.18. The van der Waals surface area contributed by atoms with E-state index in [2.05, 4.69) is 45.1 Å². The molecule has 2 aromatic heterocycles. The minimum atomic E-state index is 0.356. The van der Waals surface area contributed by atoms with Crippen LogP contribution in [0.15, 0.2) is 16.5 Å². The minimum absolute atomic E-state index is 0.356. The maximum Gasteiger partial charge on any atom is 0.162 e. The third kappa shape index (κ3) is 3.06. The van der Waals surface area contributed by atoms with Crippen LogP contribution in [0.3, 0.4) is 0 Å². The van der Waals surface area contributed by atoms with Crippen LogP contribution in [0.2, 0.25) is 0 Å². The van der Waals surface area contributed by atoms with Gasteiger partial charge in [0.15, 0.2) is 10.8 Å². The standard InChI is InChI=1S/C17H24N2OS/c1-5-8-18-11(3)16-12(4)19-17(21-16)15-7-6-14(20-15)13-9-10(13)2/h6-7,10-11,13,18H,5,8-9H2,1-4H3. The van der Waals surface area contributed by atoms with Gasteiger partial charge in [-0.2, -0.15) is 0 Å². The van der Waals surface area contributed by atoms with Crippen molar-refractivity contribution >= 4 is 11.3 Å². The van der Waals surface area contributed by atoms with E-state index in [4.69, 9.17) is 9.40 Å². The molecule has 0 aromatic carbocycles. The molecule has 1 fully saturated rings. The predicted octanol–water partition coefficient (Wildman–Crippen LogP) is 4.90. The second-order valence-electron chi connectivity index (χ2n) is 6.17. The highest BCUT2D eigenvalue weighted by molar-refractivity contribution is 7.15. The first kappa shape index (κ1) is 14.8. The highest BCUT2D eigenvalue weighted by Gasteiger charge is 2.36. The summed E-state index contributed by atoms with van der Waals surface area (Å²) in [6, 6.07) is 4.56. The molecule has 21 heavy (non-hydrogen) atoms. The molecule has 4 heteroatoms. The predicted molar refractivity (Wildman–Crippen MR) is 87.8 cm³/mol. The number of nitrogens with one attached hydrogen (secondary N) is 1. The van der Waals surface area contributed by atoms with Gasteiger partial charge in [-0.3, -0.25) is 0 Å². The minimum Gasteiger partial charge on any atom is -0.458 e. The molecular weight excluding hydrogens is 280 g/mol. The molecule has 2 heterocycles. The maximum absolute atomic E-state index is 6.02. The number of furan rings is 1. The van der Waals surface area contributed by atoms with Crippen molar-refractivity contribution in [1.82, 2.24) is 10.3 Å². The zero-order valence-corrected chi connectivity index (χ0v) is 14.1. The van der Waals surface area contributed by atoms with E-state index in [0.717, 1.165) is 41.1 Å². The summed E-state index contributed by atoms with van der Waals surface area (Å²) in [7, 11) is 0. The van der Waals surface area contributed by atoms with Gasteiger partial charge in [-0.15, -0.1) is 11.3 Å². The Labute approximate surface area is 130 Å². The smallest absolute Gasteiger partial charge is 0.162 e. The molecule has 0 bridgehead atoms. The molecule has 0 aliphatic heterocycles. The largest absolute Gasteiger partial charge is 0.458 e. The van der Waals surface area contributed by atoms with E-state index in [1.54, 1.807) is 11.3 Å². The van der Waals surface area contributed by atoms with Gasteiger partial charge in [0.2, 0.25) is 0 Å². The van der Waals surface area contributed by atoms with E-state index < -0.39 is 0 Å². The number of hydrogen-bond donors (Lipinski definition) is 1. The molecule has 0 spiro atoms. The average Bonchev–Trinajstić information content (AvgIpc) is 2.91. The molecule has 0 amide bonds. The van der Waals surface area contributed by atoms with Crippen molar-refractivity contribution in [3.05, 3.63) is 28.5 Å². The van der Waals surface area contributed by atoms with Crippen molar-refractivity contribution in [2.75, 3.05) is 6.54 Å². The lowest BCUT2D eigenvalue weighted by Crippen LogP contribution is -2.18. The lowest BCUT2D eigenvalue weighted by Gasteiger charge is -2.11. The number of hydrogen-bond acceptors (Lipinski definition) is 4. The van der Waals surface area contributed by atoms with Crippen LogP contribution in [-0.2, 0) is 0 Å². The number of thiazole rings is 1. The molecule has 0 saturated heterocycles. The summed E-state index contributed by atoms with van der Waals surface area (Å²) in [5, 5.41) is 4.54. The third-order valence-electron chi connectivity index (χ3n) is 4.24. The summed E-state index contributed by atoms with van der Waals surface area (Å²) in [5.41, 5.74) is 1.11. The van der Waals surface area contributed by atoms with Gasteiger partial charge >= 0.3 is 0 Å². The molecule has 3 atom stereocenters. The van der Waals surface area contributed by atoms with E-state index in [-0.39, 0.29) is 0 Å². The Hall–Kier alpha value is -1.13. The van der Waals surface area contributed by atoms with E-state index in [1.165, 1.54) is 11.3 Å². The molecule has 114 valence electrons. The van der Waals surface area contributed by atoms with Gasteiger partial charge < -0.3 is 9.73 Å². The fraction of sp³-hybridized carbons (Fsp3) is 0.588. The number of aromatic nitrogens is 1. The van der Waals surface area contributed by atoms with Gasteiger partial charge in [-0.25, -0.2) is 4.98 Å².